The maximum Gasteiger partial charge on any atom is 0.407 e. The van der Waals surface area contributed by atoms with Gasteiger partial charge in [-0.15, -0.1) is 0 Å². The van der Waals surface area contributed by atoms with Crippen LogP contribution in [-0.2, 0) is 38.0 Å². The average Bonchev–Trinajstić information content (AvgIpc) is 2.67. The highest BCUT2D eigenvalue weighted by Gasteiger charge is 2.57. The molecule has 168 valence electrons. The predicted molar refractivity (Wildman–Crippen MR) is 105 cm³/mol. The topological polar surface area (TPSA) is 133 Å². The maximum absolute atomic E-state index is 12.7. The van der Waals surface area contributed by atoms with Gasteiger partial charge in [-0.3, -0.25) is 4.18 Å². The van der Waals surface area contributed by atoms with Gasteiger partial charge in [0.15, 0.2) is 6.10 Å². The predicted octanol–water partition coefficient (Wildman–Crippen LogP) is 1.47. The summed E-state index contributed by atoms with van der Waals surface area (Å²) in [6, 6.07) is 6.05. The van der Waals surface area contributed by atoms with E-state index >= 15 is 0 Å². The van der Waals surface area contributed by atoms with Gasteiger partial charge >= 0.3 is 6.09 Å². The minimum absolute atomic E-state index is 0.0754. The third kappa shape index (κ3) is 5.49. The van der Waals surface area contributed by atoms with Gasteiger partial charge in [-0.05, 0) is 26.0 Å². The smallest absolute Gasteiger partial charge is 0.407 e. The van der Waals surface area contributed by atoms with Crippen molar-refractivity contribution in [2.75, 3.05) is 27.4 Å². The molecule has 1 aliphatic heterocycles. The number of ether oxygens (including phenoxy) is 5. The zero-order chi connectivity index (χ0) is 22.5. The van der Waals surface area contributed by atoms with Crippen molar-refractivity contribution in [3.63, 3.8) is 0 Å². The molecule has 1 saturated heterocycles. The molecule has 1 aromatic carbocycles. The van der Waals surface area contributed by atoms with Crippen molar-refractivity contribution >= 4 is 16.2 Å². The average molecular weight is 445 g/mol. The number of methoxy groups -OCH3 is 2. The number of hydrogen-bond donors (Lipinski definition) is 1. The van der Waals surface area contributed by atoms with Crippen LogP contribution in [0.15, 0.2) is 41.5 Å². The number of carbonyl (C=O) groups excluding carboxylic acids is 1. The van der Waals surface area contributed by atoms with E-state index in [1.807, 2.05) is 6.92 Å². The molecule has 0 radical (unpaired) electrons. The molecule has 10 nitrogen and oxygen atoms in total. The molecule has 2 rings (SSSR count). The second-order valence-electron chi connectivity index (χ2n) is 6.79. The van der Waals surface area contributed by atoms with Crippen LogP contribution in [0.3, 0.4) is 0 Å². The van der Waals surface area contributed by atoms with Gasteiger partial charge in [-0.1, -0.05) is 24.3 Å². The summed E-state index contributed by atoms with van der Waals surface area (Å²) in [4.78, 5) is 11.6. The molecule has 1 aliphatic rings. The molecule has 0 bridgehead atoms. The highest BCUT2D eigenvalue weighted by molar-refractivity contribution is 7.86. The van der Waals surface area contributed by atoms with Gasteiger partial charge < -0.3 is 29.4 Å². The highest BCUT2D eigenvalue weighted by atomic mass is 32.2. The lowest BCUT2D eigenvalue weighted by atomic mass is 9.96. The van der Waals surface area contributed by atoms with Crippen LogP contribution in [-0.4, -0.2) is 66.0 Å². The Kier molecular flexibility index (Phi) is 7.83. The molecular formula is C19H27NO9S. The van der Waals surface area contributed by atoms with Crippen LogP contribution >= 0.6 is 0 Å². The molecule has 2 N–H and O–H groups in total. The summed E-state index contributed by atoms with van der Waals surface area (Å²) in [5.41, 5.74) is 6.10. The summed E-state index contributed by atoms with van der Waals surface area (Å²) < 4.78 is 57.9. The Morgan fingerprint density at radius 2 is 1.90 bits per heavy atom. The quantitative estimate of drug-likeness (QED) is 0.443. The normalized spacial score (nSPS) is 26.7. The standard InChI is InChI=1S/C19H27NO9S/c1-12(2)28-17-16(25-5)15(24-4)10-26-19(17,29-18(20)21)11-27-30(22,23)14-8-6-13(3)7-9-14/h6-9,15-17H,1,10-11H2,2-5H3,(H2,20,21)/t15-,16-,17-,19+/m1/s1. The summed E-state index contributed by atoms with van der Waals surface area (Å²) in [6.07, 6.45) is -3.81. The molecule has 0 spiro atoms. The molecule has 1 amide bonds. The summed E-state index contributed by atoms with van der Waals surface area (Å²) in [6.45, 7) is 6.21. The molecule has 0 unspecified atom stereocenters. The van der Waals surface area contributed by atoms with E-state index in [0.29, 0.717) is 0 Å². The Morgan fingerprint density at radius 3 is 2.40 bits per heavy atom. The SMILES string of the molecule is C=C(C)O[C@@H]1[C@H](OC)[C@H](OC)CO[C@@]1(COS(=O)(=O)c1ccc(C)cc1)OC(N)=O. The van der Waals surface area contributed by atoms with Crippen LogP contribution in [0.4, 0.5) is 4.79 Å². The number of nitrogens with two attached hydrogens (primary N) is 1. The van der Waals surface area contributed by atoms with Crippen LogP contribution < -0.4 is 5.73 Å². The number of primary amides is 1. The molecule has 1 heterocycles. The first-order valence-electron chi connectivity index (χ1n) is 9.01. The zero-order valence-electron chi connectivity index (χ0n) is 17.3. The van der Waals surface area contributed by atoms with Gasteiger partial charge in [0.05, 0.1) is 17.3 Å². The second-order valence-corrected chi connectivity index (χ2v) is 8.40. The molecule has 0 aromatic heterocycles. The van der Waals surface area contributed by atoms with Crippen molar-refractivity contribution in [3.8, 4) is 0 Å². The first-order chi connectivity index (χ1) is 14.0. The monoisotopic (exact) mass is 445 g/mol. The van der Waals surface area contributed by atoms with Gasteiger partial charge in [0.25, 0.3) is 15.9 Å². The zero-order valence-corrected chi connectivity index (χ0v) is 18.1. The molecular weight excluding hydrogens is 418 g/mol. The third-order valence-corrected chi connectivity index (χ3v) is 5.77. The van der Waals surface area contributed by atoms with Crippen molar-refractivity contribution in [1.82, 2.24) is 0 Å². The van der Waals surface area contributed by atoms with E-state index in [4.69, 9.17) is 33.6 Å². The summed E-state index contributed by atoms with van der Waals surface area (Å²) in [7, 11) is -1.37. The van der Waals surface area contributed by atoms with E-state index in [-0.39, 0.29) is 17.3 Å². The number of hydrogen-bond acceptors (Lipinski definition) is 9. The van der Waals surface area contributed by atoms with Crippen molar-refractivity contribution in [3.05, 3.63) is 42.2 Å². The fourth-order valence-electron chi connectivity index (χ4n) is 3.04. The van der Waals surface area contributed by atoms with Crippen LogP contribution in [0, 0.1) is 6.92 Å². The van der Waals surface area contributed by atoms with E-state index in [1.165, 1.54) is 26.4 Å². The fraction of sp³-hybridized carbons (Fsp3) is 0.526. The molecule has 11 heteroatoms. The lowest BCUT2D eigenvalue weighted by Gasteiger charge is -2.47. The number of benzene rings is 1. The van der Waals surface area contributed by atoms with Gasteiger partial charge in [0, 0.05) is 14.2 Å². The number of allylic oxidation sites excluding steroid dienone is 1. The van der Waals surface area contributed by atoms with E-state index in [0.717, 1.165) is 5.56 Å². The van der Waals surface area contributed by atoms with E-state index in [1.54, 1.807) is 19.1 Å². The Bertz CT molecular complexity index is 855. The largest absolute Gasteiger partial charge is 0.486 e. The Balaban J connectivity index is 2.39. The van der Waals surface area contributed by atoms with Crippen LogP contribution in [0.2, 0.25) is 0 Å². The van der Waals surface area contributed by atoms with Crippen LogP contribution in [0.25, 0.3) is 0 Å². The Hall–Kier alpha value is -2.18. The lowest BCUT2D eigenvalue weighted by molar-refractivity contribution is -0.332. The molecule has 30 heavy (non-hydrogen) atoms. The first-order valence-corrected chi connectivity index (χ1v) is 10.4. The minimum atomic E-state index is -4.21. The molecule has 1 aromatic rings. The molecule has 0 saturated carbocycles. The molecule has 4 atom stereocenters. The Morgan fingerprint density at radius 1 is 1.27 bits per heavy atom. The highest BCUT2D eigenvalue weighted by Crippen LogP contribution is 2.35. The fourth-order valence-corrected chi connectivity index (χ4v) is 3.97. The summed E-state index contributed by atoms with van der Waals surface area (Å²) >= 11 is 0. The van der Waals surface area contributed by atoms with Gasteiger partial charge in [0.2, 0.25) is 0 Å². The first kappa shape index (κ1) is 24.1. The summed E-state index contributed by atoms with van der Waals surface area (Å²) in [5, 5.41) is 0. The van der Waals surface area contributed by atoms with Crippen molar-refractivity contribution in [1.29, 1.82) is 0 Å². The van der Waals surface area contributed by atoms with E-state index in [2.05, 4.69) is 6.58 Å². The van der Waals surface area contributed by atoms with Gasteiger partial charge in [-0.25, -0.2) is 4.79 Å². The molecule has 1 fully saturated rings. The third-order valence-electron chi connectivity index (χ3n) is 4.49. The van der Waals surface area contributed by atoms with Crippen LogP contribution in [0.5, 0.6) is 0 Å². The van der Waals surface area contributed by atoms with Gasteiger partial charge in [0.1, 0.15) is 18.8 Å². The molecule has 0 aliphatic carbocycles. The van der Waals surface area contributed by atoms with Crippen molar-refractivity contribution in [2.24, 2.45) is 5.73 Å². The van der Waals surface area contributed by atoms with E-state index < -0.39 is 46.9 Å². The Labute approximate surface area is 175 Å². The lowest BCUT2D eigenvalue weighted by Crippen LogP contribution is -2.66. The van der Waals surface area contributed by atoms with Crippen LogP contribution in [0.1, 0.15) is 12.5 Å². The minimum Gasteiger partial charge on any atom is -0.486 e. The van der Waals surface area contributed by atoms with Crippen molar-refractivity contribution in [2.45, 2.75) is 42.8 Å². The number of carbonyl (C=O) groups is 1. The van der Waals surface area contributed by atoms with E-state index in [9.17, 15) is 13.2 Å². The maximum atomic E-state index is 12.7. The number of rotatable bonds is 9. The summed E-state index contributed by atoms with van der Waals surface area (Å²) in [5.74, 6) is -1.79. The number of amides is 1. The van der Waals surface area contributed by atoms with Gasteiger partial charge in [-0.2, -0.15) is 8.42 Å². The van der Waals surface area contributed by atoms with Crippen molar-refractivity contribution < 1.29 is 41.1 Å². The number of aryl methyl sites for hydroxylation is 1. The second kappa shape index (κ2) is 9.75.